The summed E-state index contributed by atoms with van der Waals surface area (Å²) in [7, 11) is 0. The molecule has 0 saturated carbocycles. The Hall–Kier alpha value is -18.6. The van der Waals surface area contributed by atoms with Crippen LogP contribution in [0.3, 0.4) is 0 Å². The zero-order valence-electron chi connectivity index (χ0n) is 76.5. The molecule has 0 atom stereocenters. The molecule has 19 aromatic carbocycles. The van der Waals surface area contributed by atoms with Crippen molar-refractivity contribution in [2.75, 3.05) is 14.7 Å². The van der Waals surface area contributed by atoms with Crippen LogP contribution in [0.25, 0.3) is 161 Å². The number of hydrogen-bond acceptors (Lipinski definition) is 6. The van der Waals surface area contributed by atoms with Crippen LogP contribution in [-0.4, -0.2) is 28.7 Å². The normalized spacial score (nSPS) is 11.2. The largest absolute Gasteiger partial charge is 0.310 e. The van der Waals surface area contributed by atoms with Gasteiger partial charge in [-0.05, 0) is 258 Å². The average Bonchev–Trinajstić information content (AvgIpc) is 1.59. The van der Waals surface area contributed by atoms with Crippen LogP contribution in [0, 0.1) is 6.92 Å². The maximum Gasteiger partial charge on any atom is 0.0701 e. The van der Waals surface area contributed by atoms with Gasteiger partial charge in [-0.1, -0.05) is 327 Å². The summed E-state index contributed by atoms with van der Waals surface area (Å²) in [5, 5.41) is 7.26. The number of pyridine rings is 3. The molecule has 6 heterocycles. The summed E-state index contributed by atoms with van der Waals surface area (Å²) in [6.07, 6.45) is 5.52. The fourth-order valence-corrected chi connectivity index (χ4v) is 19.7. The second kappa shape index (κ2) is 38.2. The van der Waals surface area contributed by atoms with Crippen molar-refractivity contribution in [3.63, 3.8) is 0 Å². The van der Waals surface area contributed by atoms with Crippen molar-refractivity contribution >= 4 is 117 Å². The lowest BCUT2D eigenvalue weighted by molar-refractivity contribution is 1.18. The summed E-state index contributed by atoms with van der Waals surface area (Å²) in [5.74, 6) is 0. The van der Waals surface area contributed by atoms with Crippen LogP contribution in [-0.2, 0) is 0 Å². The van der Waals surface area contributed by atoms with E-state index in [0.29, 0.717) is 0 Å². The van der Waals surface area contributed by atoms with Crippen molar-refractivity contribution in [3.8, 4) is 95.3 Å². The Labute approximate surface area is 808 Å². The zero-order chi connectivity index (χ0) is 92.7. The molecule has 25 aromatic rings. The van der Waals surface area contributed by atoms with Gasteiger partial charge in [-0.2, -0.15) is 0 Å². The Morgan fingerprint density at radius 3 is 0.741 bits per heavy atom. The molecule has 0 saturated heterocycles. The van der Waals surface area contributed by atoms with Gasteiger partial charge >= 0.3 is 0 Å². The topological polar surface area (TPSA) is 63.2 Å². The van der Waals surface area contributed by atoms with E-state index in [1.54, 1.807) is 0 Å². The Morgan fingerprint density at radius 1 is 0.165 bits per heavy atom. The van der Waals surface area contributed by atoms with Gasteiger partial charge in [0.2, 0.25) is 0 Å². The number of aromatic nitrogens is 6. The van der Waals surface area contributed by atoms with E-state index in [0.717, 1.165) is 124 Å². The molecule has 0 bridgehead atoms. The van der Waals surface area contributed by atoms with Crippen molar-refractivity contribution in [3.05, 3.63) is 552 Å². The highest BCUT2D eigenvalue weighted by molar-refractivity contribution is 6.20. The summed E-state index contributed by atoms with van der Waals surface area (Å²) in [5.41, 5.74) is 37.3. The van der Waals surface area contributed by atoms with Gasteiger partial charge in [0, 0.05) is 119 Å². The molecule has 0 amide bonds. The van der Waals surface area contributed by atoms with Crippen molar-refractivity contribution in [1.82, 2.24) is 28.7 Å². The molecule has 0 aliphatic rings. The summed E-state index contributed by atoms with van der Waals surface area (Å²) in [6, 6.07) is 188. The third kappa shape index (κ3) is 16.9. The van der Waals surface area contributed by atoms with Gasteiger partial charge in [0.1, 0.15) is 0 Å². The molecular weight excluding hydrogens is 1690 g/mol. The highest BCUT2D eigenvalue weighted by atomic mass is 15.2. The summed E-state index contributed by atoms with van der Waals surface area (Å²) in [4.78, 5) is 20.9. The Balaban J connectivity index is 0.000000117. The molecule has 6 aromatic heterocycles. The predicted molar refractivity (Wildman–Crippen MR) is 583 cm³/mol. The third-order valence-corrected chi connectivity index (χ3v) is 26.1. The number of hydrogen-bond donors (Lipinski definition) is 0. The van der Waals surface area contributed by atoms with Gasteiger partial charge in [-0.25, -0.2) is 0 Å². The first-order chi connectivity index (χ1) is 68.9. The minimum absolute atomic E-state index is 0.967. The average molecular weight is 1780 g/mol. The summed E-state index contributed by atoms with van der Waals surface area (Å²) in [6.45, 7) is 2.14. The van der Waals surface area contributed by atoms with Gasteiger partial charge in [0.15, 0.2) is 0 Å². The SMILES string of the molecule is Cc1ccc(N(c2cccc(-c3ccccc3)c2)c2cccc3c2c2ccccc2n3-c2ccc(-c3ccccn3)cc2)cc1.c1ccc(-c2cc(-c3ccccc3)cc(N(c3ccccc3)c3cccc4c3c3ccccc3n4-c3ccc(-c4ccccn4)cc3)c2)cc1.c1ccc(-c2cccc(N(c3ccccc3)c3cccc4c3c3ccccc3n4-c3ccc(-c4ccccn4)cc3)c2)cc1. The van der Waals surface area contributed by atoms with Gasteiger partial charge < -0.3 is 28.4 Å². The molecule has 0 spiro atoms. The number of para-hydroxylation sites is 5. The first kappa shape index (κ1) is 84.7. The third-order valence-electron chi connectivity index (χ3n) is 26.1. The van der Waals surface area contributed by atoms with Gasteiger partial charge in [-0.15, -0.1) is 0 Å². The Bertz CT molecular complexity index is 8560. The Morgan fingerprint density at radius 2 is 0.417 bits per heavy atom. The molecule has 0 aliphatic heterocycles. The highest BCUT2D eigenvalue weighted by Crippen LogP contribution is 2.50. The standard InChI is InChI=1S/C47H33N3.C42H31N3.C41H29N3/c1-4-15-34(16-5-1)37-31-38(35-17-6-2-7-18-35)33-41(32-37)49(39-19-8-3-9-20-39)45-24-14-25-46-47(45)42-21-10-11-23-44(42)50(46)40-28-26-36(27-29-40)43-22-12-13-30-48-43;1-30-20-24-34(25-21-30)44(36-14-9-13-33(29-36)31-11-3-2-4-12-31)40-18-10-19-41-42(40)37-15-5-6-17-39(37)45(41)35-26-22-32(23-27-35)38-16-7-8-28-43-38;1-3-13-30(14-4-1)32-15-11-18-35(29-32)43(33-16-5-2-6-17-33)39-22-12-23-40-41(39)36-19-7-8-21-38(36)44(40)34-26-24-31(25-27-34)37-20-9-10-28-42-37/h1-33H;2-29H,1H3;1-29H. The van der Waals surface area contributed by atoms with Crippen LogP contribution in [0.5, 0.6) is 0 Å². The lowest BCUT2D eigenvalue weighted by Crippen LogP contribution is -2.10. The lowest BCUT2D eigenvalue weighted by Gasteiger charge is -2.28. The lowest BCUT2D eigenvalue weighted by atomic mass is 9.97. The fraction of sp³-hybridized carbons (Fsp3) is 0.00769. The minimum atomic E-state index is 0.967. The molecule has 9 nitrogen and oxygen atoms in total. The van der Waals surface area contributed by atoms with Crippen LogP contribution in [0.1, 0.15) is 5.56 Å². The number of anilines is 9. The second-order valence-electron chi connectivity index (χ2n) is 34.7. The van der Waals surface area contributed by atoms with Crippen molar-refractivity contribution in [2.24, 2.45) is 0 Å². The molecule has 9 heteroatoms. The molecule has 0 aliphatic carbocycles. The van der Waals surface area contributed by atoms with Crippen LogP contribution in [0.15, 0.2) is 546 Å². The summed E-state index contributed by atoms with van der Waals surface area (Å²) >= 11 is 0. The zero-order valence-corrected chi connectivity index (χ0v) is 76.5. The van der Waals surface area contributed by atoms with E-state index in [1.165, 1.54) is 93.4 Å². The number of nitrogens with zero attached hydrogens (tertiary/aromatic N) is 9. The summed E-state index contributed by atoms with van der Waals surface area (Å²) < 4.78 is 7.14. The van der Waals surface area contributed by atoms with Crippen LogP contribution < -0.4 is 14.7 Å². The van der Waals surface area contributed by atoms with Gasteiger partial charge in [-0.3, -0.25) is 15.0 Å². The maximum atomic E-state index is 4.57. The smallest absolute Gasteiger partial charge is 0.0701 e. The van der Waals surface area contributed by atoms with E-state index in [9.17, 15) is 0 Å². The van der Waals surface area contributed by atoms with Crippen LogP contribution in [0.2, 0.25) is 0 Å². The van der Waals surface area contributed by atoms with E-state index in [4.69, 9.17) is 0 Å². The highest BCUT2D eigenvalue weighted by Gasteiger charge is 2.27. The van der Waals surface area contributed by atoms with E-state index in [2.05, 4.69) is 530 Å². The number of fused-ring (bicyclic) bond motifs is 9. The fourth-order valence-electron chi connectivity index (χ4n) is 19.7. The van der Waals surface area contributed by atoms with Crippen LogP contribution >= 0.6 is 0 Å². The molecule has 0 unspecified atom stereocenters. The molecule has 139 heavy (non-hydrogen) atoms. The second-order valence-corrected chi connectivity index (χ2v) is 34.7. The minimum Gasteiger partial charge on any atom is -0.310 e. The monoisotopic (exact) mass is 1780 g/mol. The molecule has 0 N–H and O–H groups in total. The number of aryl methyl sites for hydroxylation is 1. The molecule has 25 rings (SSSR count). The number of benzene rings is 19. The number of rotatable bonds is 19. The van der Waals surface area contributed by atoms with E-state index >= 15 is 0 Å². The van der Waals surface area contributed by atoms with E-state index in [-0.39, 0.29) is 0 Å². The first-order valence-corrected chi connectivity index (χ1v) is 47.2. The van der Waals surface area contributed by atoms with Gasteiger partial charge in [0.05, 0.1) is 67.2 Å². The van der Waals surface area contributed by atoms with Crippen molar-refractivity contribution in [1.29, 1.82) is 0 Å². The van der Waals surface area contributed by atoms with E-state index in [1.807, 2.05) is 67.1 Å². The quantitative estimate of drug-likeness (QED) is 0.0804. The maximum absolute atomic E-state index is 4.57. The van der Waals surface area contributed by atoms with E-state index < -0.39 is 0 Å². The molecular formula is C130H93N9. The van der Waals surface area contributed by atoms with Crippen molar-refractivity contribution in [2.45, 2.75) is 6.92 Å². The first-order valence-electron chi connectivity index (χ1n) is 47.2. The molecule has 658 valence electrons. The van der Waals surface area contributed by atoms with Crippen molar-refractivity contribution < 1.29 is 0 Å². The van der Waals surface area contributed by atoms with Gasteiger partial charge in [0.25, 0.3) is 0 Å². The molecule has 0 fully saturated rings. The predicted octanol–water partition coefficient (Wildman–Crippen LogP) is 34.9. The molecule has 0 radical (unpaired) electrons. The Kier molecular flexibility index (Phi) is 23.3. The van der Waals surface area contributed by atoms with Crippen LogP contribution in [0.4, 0.5) is 51.2 Å².